The Bertz CT molecular complexity index is 424. The molecule has 0 amide bonds. The van der Waals surface area contributed by atoms with Crippen LogP contribution in [0.4, 0.5) is 11.6 Å². The second kappa shape index (κ2) is 6.91. The lowest BCUT2D eigenvalue weighted by Crippen LogP contribution is -2.25. The molecule has 2 N–H and O–H groups in total. The lowest BCUT2D eigenvalue weighted by Gasteiger charge is -2.24. The van der Waals surface area contributed by atoms with Crippen molar-refractivity contribution < 1.29 is 0 Å². The minimum atomic E-state index is 0.406. The van der Waals surface area contributed by atoms with Crippen LogP contribution in [0.3, 0.4) is 0 Å². The van der Waals surface area contributed by atoms with E-state index in [4.69, 9.17) is 0 Å². The molecule has 20 heavy (non-hydrogen) atoms. The summed E-state index contributed by atoms with van der Waals surface area (Å²) in [5.74, 6) is 3.17. The average molecular weight is 276 g/mol. The second-order valence-electron chi connectivity index (χ2n) is 6.15. The third-order valence-corrected chi connectivity index (χ3v) is 4.28. The number of hydrogen-bond donors (Lipinski definition) is 2. The van der Waals surface area contributed by atoms with Gasteiger partial charge in [0, 0.05) is 18.2 Å². The second-order valence-corrected chi connectivity index (χ2v) is 6.15. The molecule has 0 aromatic carbocycles. The van der Waals surface area contributed by atoms with Crippen LogP contribution in [0.2, 0.25) is 0 Å². The molecule has 2 rings (SSSR count). The van der Waals surface area contributed by atoms with Crippen molar-refractivity contribution in [1.29, 1.82) is 0 Å². The van der Waals surface area contributed by atoms with Crippen LogP contribution in [-0.2, 0) is 0 Å². The monoisotopic (exact) mass is 276 g/mol. The maximum Gasteiger partial charge on any atom is 0.135 e. The Balaban J connectivity index is 2.19. The van der Waals surface area contributed by atoms with E-state index < -0.39 is 0 Å². The Morgan fingerprint density at radius 1 is 1.15 bits per heavy atom. The van der Waals surface area contributed by atoms with Gasteiger partial charge in [-0.2, -0.15) is 0 Å². The van der Waals surface area contributed by atoms with Crippen LogP contribution in [0.25, 0.3) is 0 Å². The van der Waals surface area contributed by atoms with E-state index in [1.54, 1.807) is 6.33 Å². The van der Waals surface area contributed by atoms with Gasteiger partial charge in [-0.1, -0.05) is 26.7 Å². The topological polar surface area (TPSA) is 49.8 Å². The van der Waals surface area contributed by atoms with Gasteiger partial charge in [0.2, 0.25) is 0 Å². The molecule has 0 bridgehead atoms. The Morgan fingerprint density at radius 2 is 1.80 bits per heavy atom. The molecule has 1 fully saturated rings. The fourth-order valence-electron chi connectivity index (χ4n) is 3.16. The number of nitrogens with zero attached hydrogens (tertiary/aromatic N) is 2. The first kappa shape index (κ1) is 15.1. The maximum absolute atomic E-state index is 4.49. The van der Waals surface area contributed by atoms with Gasteiger partial charge in [-0.05, 0) is 38.5 Å². The van der Waals surface area contributed by atoms with Crippen LogP contribution in [0.1, 0.15) is 64.9 Å². The summed E-state index contributed by atoms with van der Waals surface area (Å²) >= 11 is 0. The van der Waals surface area contributed by atoms with Crippen LogP contribution in [0, 0.1) is 5.92 Å². The minimum absolute atomic E-state index is 0.406. The van der Waals surface area contributed by atoms with Crippen molar-refractivity contribution in [3.8, 4) is 0 Å². The zero-order valence-corrected chi connectivity index (χ0v) is 13.2. The first-order chi connectivity index (χ1) is 9.63. The summed E-state index contributed by atoms with van der Waals surface area (Å²) < 4.78 is 0. The lowest BCUT2D eigenvalue weighted by molar-refractivity contribution is 0.480. The van der Waals surface area contributed by atoms with Crippen LogP contribution in [0.15, 0.2) is 6.33 Å². The number of rotatable bonds is 6. The van der Waals surface area contributed by atoms with Crippen molar-refractivity contribution >= 4 is 11.6 Å². The highest BCUT2D eigenvalue weighted by Gasteiger charge is 2.23. The SMILES string of the molecule is CCNc1ncnc(NC(C)C2CCCC2)c1C(C)C. The van der Waals surface area contributed by atoms with E-state index in [1.165, 1.54) is 31.2 Å². The van der Waals surface area contributed by atoms with Gasteiger partial charge in [-0.3, -0.25) is 0 Å². The fourth-order valence-corrected chi connectivity index (χ4v) is 3.16. The van der Waals surface area contributed by atoms with Crippen molar-refractivity contribution in [1.82, 2.24) is 9.97 Å². The summed E-state index contributed by atoms with van der Waals surface area (Å²) in [6.45, 7) is 9.67. The fraction of sp³-hybridized carbons (Fsp3) is 0.750. The first-order valence-electron chi connectivity index (χ1n) is 7.98. The van der Waals surface area contributed by atoms with Gasteiger partial charge in [0.1, 0.15) is 18.0 Å². The van der Waals surface area contributed by atoms with Gasteiger partial charge < -0.3 is 10.6 Å². The highest BCUT2D eigenvalue weighted by molar-refractivity contribution is 5.59. The maximum atomic E-state index is 4.49. The summed E-state index contributed by atoms with van der Waals surface area (Å²) in [6, 6.07) is 0.486. The van der Waals surface area contributed by atoms with E-state index in [9.17, 15) is 0 Å². The van der Waals surface area contributed by atoms with Gasteiger partial charge in [0.05, 0.1) is 0 Å². The van der Waals surface area contributed by atoms with E-state index in [2.05, 4.69) is 48.3 Å². The van der Waals surface area contributed by atoms with E-state index in [0.717, 1.165) is 24.1 Å². The molecule has 1 aromatic heterocycles. The average Bonchev–Trinajstić information content (AvgIpc) is 2.92. The first-order valence-corrected chi connectivity index (χ1v) is 7.98. The Hall–Kier alpha value is -1.32. The van der Waals surface area contributed by atoms with Crippen LogP contribution < -0.4 is 10.6 Å². The third kappa shape index (κ3) is 3.41. The zero-order chi connectivity index (χ0) is 14.5. The molecule has 1 aliphatic rings. The van der Waals surface area contributed by atoms with Gasteiger partial charge in [-0.25, -0.2) is 9.97 Å². The van der Waals surface area contributed by atoms with Crippen molar-refractivity contribution in [2.75, 3.05) is 17.2 Å². The molecule has 4 nitrogen and oxygen atoms in total. The zero-order valence-electron chi connectivity index (χ0n) is 13.2. The summed E-state index contributed by atoms with van der Waals surface area (Å²) in [4.78, 5) is 8.88. The summed E-state index contributed by atoms with van der Waals surface area (Å²) in [7, 11) is 0. The molecule has 1 atom stereocenters. The summed E-state index contributed by atoms with van der Waals surface area (Å²) in [6.07, 6.45) is 7.10. The van der Waals surface area contributed by atoms with Crippen LogP contribution in [0.5, 0.6) is 0 Å². The van der Waals surface area contributed by atoms with Crippen molar-refractivity contribution in [2.24, 2.45) is 5.92 Å². The molecule has 1 saturated carbocycles. The number of hydrogen-bond acceptors (Lipinski definition) is 4. The van der Waals surface area contributed by atoms with E-state index >= 15 is 0 Å². The molecule has 4 heteroatoms. The predicted molar refractivity (Wildman–Crippen MR) is 85.3 cm³/mol. The van der Waals surface area contributed by atoms with Gasteiger partial charge in [-0.15, -0.1) is 0 Å². The molecule has 0 saturated heterocycles. The molecule has 1 unspecified atom stereocenters. The van der Waals surface area contributed by atoms with Crippen LogP contribution in [-0.4, -0.2) is 22.6 Å². The smallest absolute Gasteiger partial charge is 0.135 e. The summed E-state index contributed by atoms with van der Waals surface area (Å²) in [5.41, 5.74) is 1.21. The normalized spacial score (nSPS) is 17.4. The molecule has 1 aromatic rings. The third-order valence-electron chi connectivity index (χ3n) is 4.28. The number of anilines is 2. The number of aromatic nitrogens is 2. The largest absolute Gasteiger partial charge is 0.370 e. The van der Waals surface area contributed by atoms with Crippen molar-refractivity contribution in [3.05, 3.63) is 11.9 Å². The molecule has 0 radical (unpaired) electrons. The minimum Gasteiger partial charge on any atom is -0.370 e. The Kier molecular flexibility index (Phi) is 5.21. The van der Waals surface area contributed by atoms with Gasteiger partial charge >= 0.3 is 0 Å². The van der Waals surface area contributed by atoms with E-state index in [-0.39, 0.29) is 0 Å². The highest BCUT2D eigenvalue weighted by atomic mass is 15.1. The molecule has 0 aliphatic heterocycles. The molecular weight excluding hydrogens is 248 g/mol. The van der Waals surface area contributed by atoms with E-state index in [1.807, 2.05) is 0 Å². The van der Waals surface area contributed by atoms with Gasteiger partial charge in [0.25, 0.3) is 0 Å². The lowest BCUT2D eigenvalue weighted by atomic mass is 9.98. The highest BCUT2D eigenvalue weighted by Crippen LogP contribution is 2.32. The molecular formula is C16H28N4. The Morgan fingerprint density at radius 3 is 2.40 bits per heavy atom. The summed E-state index contributed by atoms with van der Waals surface area (Å²) in [5, 5.41) is 6.99. The molecule has 1 heterocycles. The standard InChI is InChI=1S/C16H28N4/c1-5-17-15-14(11(2)3)16(19-10-18-15)20-12(4)13-8-6-7-9-13/h10-13H,5-9H2,1-4H3,(H2,17,18,19,20). The van der Waals surface area contributed by atoms with E-state index in [0.29, 0.717) is 12.0 Å². The van der Waals surface area contributed by atoms with Crippen LogP contribution >= 0.6 is 0 Å². The van der Waals surface area contributed by atoms with Crippen molar-refractivity contribution in [3.63, 3.8) is 0 Å². The quantitative estimate of drug-likeness (QED) is 0.824. The molecule has 0 spiro atoms. The molecule has 1 aliphatic carbocycles. The number of nitrogens with one attached hydrogen (secondary N) is 2. The predicted octanol–water partition coefficient (Wildman–Crippen LogP) is 4.02. The van der Waals surface area contributed by atoms with Gasteiger partial charge in [0.15, 0.2) is 0 Å². The van der Waals surface area contributed by atoms with Crippen molar-refractivity contribution in [2.45, 2.75) is 65.3 Å². The molecule has 112 valence electrons. The Labute approximate surface area is 122 Å².